The summed E-state index contributed by atoms with van der Waals surface area (Å²) in [6, 6.07) is 12.6. The van der Waals surface area contributed by atoms with Crippen molar-refractivity contribution in [3.63, 3.8) is 0 Å². The van der Waals surface area contributed by atoms with Gasteiger partial charge in [0.05, 0.1) is 17.8 Å². The van der Waals surface area contributed by atoms with Crippen molar-refractivity contribution in [2.45, 2.75) is 0 Å². The minimum absolute atomic E-state index is 0.209. The lowest BCUT2D eigenvalue weighted by Crippen LogP contribution is -2.14. The van der Waals surface area contributed by atoms with E-state index in [1.54, 1.807) is 24.3 Å². The smallest absolute Gasteiger partial charge is 0.255 e. The van der Waals surface area contributed by atoms with Gasteiger partial charge in [-0.15, -0.1) is 0 Å². The predicted octanol–water partition coefficient (Wildman–Crippen LogP) is 3.67. The Labute approximate surface area is 129 Å². The minimum Gasteiger partial charge on any atom is -0.493 e. The molecular formula is C16H17ClN2O2. The van der Waals surface area contributed by atoms with Crippen LogP contribution in [0.4, 0.5) is 11.4 Å². The Hall–Kier alpha value is -2.20. The highest BCUT2D eigenvalue weighted by atomic mass is 35.5. The predicted molar refractivity (Wildman–Crippen MR) is 86.7 cm³/mol. The van der Waals surface area contributed by atoms with Crippen LogP contribution in [-0.4, -0.2) is 27.1 Å². The molecule has 2 rings (SSSR count). The number of benzene rings is 2. The summed E-state index contributed by atoms with van der Waals surface area (Å²) in [5.74, 6) is 0.246. The molecule has 0 saturated carbocycles. The van der Waals surface area contributed by atoms with Crippen LogP contribution in [0.1, 0.15) is 10.4 Å². The van der Waals surface area contributed by atoms with Gasteiger partial charge in [0.2, 0.25) is 0 Å². The summed E-state index contributed by atoms with van der Waals surface area (Å²) in [6.45, 7) is 0. The normalized spacial score (nSPS) is 10.1. The Morgan fingerprint density at radius 1 is 1.19 bits per heavy atom. The summed E-state index contributed by atoms with van der Waals surface area (Å²) >= 11 is 6.04. The fourth-order valence-electron chi connectivity index (χ4n) is 1.93. The van der Waals surface area contributed by atoms with Crippen molar-refractivity contribution in [2.75, 3.05) is 31.4 Å². The van der Waals surface area contributed by atoms with Crippen molar-refractivity contribution in [1.82, 2.24) is 0 Å². The molecule has 4 nitrogen and oxygen atoms in total. The molecule has 0 aliphatic carbocycles. The Morgan fingerprint density at radius 3 is 2.57 bits per heavy atom. The van der Waals surface area contributed by atoms with Gasteiger partial charge in [-0.1, -0.05) is 23.7 Å². The molecule has 0 radical (unpaired) electrons. The number of nitrogens with zero attached hydrogens (tertiary/aromatic N) is 1. The van der Waals surface area contributed by atoms with Gasteiger partial charge in [-0.25, -0.2) is 0 Å². The van der Waals surface area contributed by atoms with Gasteiger partial charge < -0.3 is 15.0 Å². The molecule has 1 N–H and O–H groups in total. The quantitative estimate of drug-likeness (QED) is 0.937. The minimum atomic E-state index is -0.209. The van der Waals surface area contributed by atoms with Crippen LogP contribution in [0.3, 0.4) is 0 Å². The maximum Gasteiger partial charge on any atom is 0.255 e. The highest BCUT2D eigenvalue weighted by Gasteiger charge is 2.12. The number of rotatable bonds is 4. The van der Waals surface area contributed by atoms with Crippen molar-refractivity contribution in [3.05, 3.63) is 53.1 Å². The van der Waals surface area contributed by atoms with Crippen LogP contribution < -0.4 is 15.0 Å². The van der Waals surface area contributed by atoms with E-state index in [0.29, 0.717) is 22.0 Å². The largest absolute Gasteiger partial charge is 0.493 e. The van der Waals surface area contributed by atoms with E-state index < -0.39 is 0 Å². The maximum atomic E-state index is 12.3. The van der Waals surface area contributed by atoms with E-state index in [4.69, 9.17) is 16.3 Å². The van der Waals surface area contributed by atoms with E-state index in [2.05, 4.69) is 5.32 Å². The second kappa shape index (κ2) is 6.50. The maximum absolute atomic E-state index is 12.3. The summed E-state index contributed by atoms with van der Waals surface area (Å²) in [7, 11) is 5.37. The number of nitrogens with one attached hydrogen (secondary N) is 1. The zero-order valence-electron chi connectivity index (χ0n) is 12.2. The highest BCUT2D eigenvalue weighted by molar-refractivity contribution is 6.32. The first kappa shape index (κ1) is 15.2. The molecule has 0 fully saturated rings. The molecule has 0 bridgehead atoms. The summed E-state index contributed by atoms with van der Waals surface area (Å²) in [6.07, 6.45) is 0. The number of carbonyl (C=O) groups excluding carboxylic acids is 1. The lowest BCUT2D eigenvalue weighted by Gasteiger charge is -2.14. The van der Waals surface area contributed by atoms with Crippen LogP contribution >= 0.6 is 11.6 Å². The first-order valence-electron chi connectivity index (χ1n) is 6.44. The number of halogens is 1. The number of anilines is 2. The van der Waals surface area contributed by atoms with Gasteiger partial charge in [0.15, 0.2) is 5.75 Å². The monoisotopic (exact) mass is 304 g/mol. The molecule has 0 heterocycles. The topological polar surface area (TPSA) is 41.6 Å². The summed E-state index contributed by atoms with van der Waals surface area (Å²) in [5.41, 5.74) is 2.08. The van der Waals surface area contributed by atoms with E-state index in [-0.39, 0.29) is 5.91 Å². The van der Waals surface area contributed by atoms with E-state index in [0.717, 1.165) is 5.69 Å². The summed E-state index contributed by atoms with van der Waals surface area (Å²) < 4.78 is 5.22. The van der Waals surface area contributed by atoms with Crippen LogP contribution in [0, 0.1) is 0 Å². The second-order valence-electron chi connectivity index (χ2n) is 4.72. The fraction of sp³-hybridized carbons (Fsp3) is 0.188. The van der Waals surface area contributed by atoms with Crippen LogP contribution in [-0.2, 0) is 0 Å². The van der Waals surface area contributed by atoms with E-state index in [1.165, 1.54) is 7.11 Å². The van der Waals surface area contributed by atoms with Crippen molar-refractivity contribution < 1.29 is 9.53 Å². The lowest BCUT2D eigenvalue weighted by atomic mass is 10.1. The Balaban J connectivity index is 2.26. The van der Waals surface area contributed by atoms with Gasteiger partial charge in [-0.05, 0) is 30.3 Å². The molecule has 0 atom stereocenters. The van der Waals surface area contributed by atoms with Crippen molar-refractivity contribution in [3.8, 4) is 5.75 Å². The van der Waals surface area contributed by atoms with E-state index in [9.17, 15) is 4.79 Å². The number of ether oxygens (including phenoxy) is 1. The third kappa shape index (κ3) is 3.47. The lowest BCUT2D eigenvalue weighted by molar-refractivity contribution is 0.102. The number of carbonyl (C=O) groups is 1. The van der Waals surface area contributed by atoms with Crippen LogP contribution in [0.25, 0.3) is 0 Å². The number of amides is 1. The van der Waals surface area contributed by atoms with Crippen molar-refractivity contribution >= 4 is 28.9 Å². The zero-order chi connectivity index (χ0) is 15.4. The molecule has 110 valence electrons. The van der Waals surface area contributed by atoms with Gasteiger partial charge in [0.25, 0.3) is 5.91 Å². The molecule has 2 aromatic rings. The molecule has 0 unspecified atom stereocenters. The third-order valence-electron chi connectivity index (χ3n) is 3.04. The summed E-state index contributed by atoms with van der Waals surface area (Å²) in [5, 5.41) is 3.27. The molecule has 5 heteroatoms. The zero-order valence-corrected chi connectivity index (χ0v) is 12.9. The van der Waals surface area contributed by atoms with E-state index in [1.807, 2.05) is 37.2 Å². The number of hydrogen-bond acceptors (Lipinski definition) is 3. The molecule has 1 amide bonds. The van der Waals surface area contributed by atoms with Gasteiger partial charge in [-0.2, -0.15) is 0 Å². The molecule has 0 spiro atoms. The fourth-order valence-corrected chi connectivity index (χ4v) is 2.19. The molecule has 21 heavy (non-hydrogen) atoms. The van der Waals surface area contributed by atoms with Crippen molar-refractivity contribution in [1.29, 1.82) is 0 Å². The molecular weight excluding hydrogens is 288 g/mol. The SMILES string of the molecule is COc1c(Cl)cccc1NC(=O)c1cccc(N(C)C)c1. The van der Waals surface area contributed by atoms with Crippen molar-refractivity contribution in [2.24, 2.45) is 0 Å². The highest BCUT2D eigenvalue weighted by Crippen LogP contribution is 2.32. The standard InChI is InChI=1S/C16H17ClN2O2/c1-19(2)12-7-4-6-11(10-12)16(20)18-14-9-5-8-13(17)15(14)21-3/h4-10H,1-3H3,(H,18,20). The number of para-hydroxylation sites is 1. The van der Waals surface area contributed by atoms with Gasteiger partial charge in [0, 0.05) is 25.3 Å². The third-order valence-corrected chi connectivity index (χ3v) is 3.34. The first-order valence-corrected chi connectivity index (χ1v) is 6.82. The number of methoxy groups -OCH3 is 1. The van der Waals surface area contributed by atoms with Crippen LogP contribution in [0.15, 0.2) is 42.5 Å². The molecule has 0 aliphatic heterocycles. The first-order chi connectivity index (χ1) is 10.0. The van der Waals surface area contributed by atoms with E-state index >= 15 is 0 Å². The second-order valence-corrected chi connectivity index (χ2v) is 5.13. The Bertz CT molecular complexity index is 656. The average molecular weight is 305 g/mol. The molecule has 0 saturated heterocycles. The number of hydrogen-bond donors (Lipinski definition) is 1. The van der Waals surface area contributed by atoms with Gasteiger partial charge in [-0.3, -0.25) is 4.79 Å². The van der Waals surface area contributed by atoms with Crippen LogP contribution in [0.5, 0.6) is 5.75 Å². The van der Waals surface area contributed by atoms with Gasteiger partial charge >= 0.3 is 0 Å². The Kier molecular flexibility index (Phi) is 4.70. The molecule has 0 aromatic heterocycles. The van der Waals surface area contributed by atoms with Crippen LogP contribution in [0.2, 0.25) is 5.02 Å². The summed E-state index contributed by atoms with van der Waals surface area (Å²) in [4.78, 5) is 14.3. The van der Waals surface area contributed by atoms with Gasteiger partial charge in [0.1, 0.15) is 0 Å². The average Bonchev–Trinajstić information content (AvgIpc) is 2.47. The Morgan fingerprint density at radius 2 is 1.90 bits per heavy atom. The molecule has 2 aromatic carbocycles. The molecule has 0 aliphatic rings.